The lowest BCUT2D eigenvalue weighted by Crippen LogP contribution is -2.46. The van der Waals surface area contributed by atoms with Crippen LogP contribution in [0.5, 0.6) is 0 Å². The molecule has 2 heterocycles. The van der Waals surface area contributed by atoms with Crippen LogP contribution in [-0.2, 0) is 9.53 Å². The second-order valence-electron chi connectivity index (χ2n) is 5.93. The molecule has 0 spiro atoms. The van der Waals surface area contributed by atoms with Gasteiger partial charge in [-0.15, -0.1) is 0 Å². The lowest BCUT2D eigenvalue weighted by molar-refractivity contribution is -0.154. The molecule has 2 N–H and O–H groups in total. The zero-order chi connectivity index (χ0) is 16.3. The van der Waals surface area contributed by atoms with Crippen molar-refractivity contribution < 1.29 is 19.4 Å². The fraction of sp³-hybridized carbons (Fsp3) is 0.600. The molecule has 1 fully saturated rings. The molecule has 22 heavy (non-hydrogen) atoms. The Morgan fingerprint density at radius 1 is 1.45 bits per heavy atom. The van der Waals surface area contributed by atoms with Crippen molar-refractivity contribution in [1.29, 1.82) is 0 Å². The van der Waals surface area contributed by atoms with E-state index in [1.165, 1.54) is 0 Å². The molecule has 0 saturated carbocycles. The Bertz CT molecular complexity index is 562. The number of carboxylic acid groups (broad SMARTS) is 1. The van der Waals surface area contributed by atoms with E-state index in [-0.39, 0.29) is 18.5 Å². The minimum Gasteiger partial charge on any atom is -0.481 e. The number of nitrogens with zero attached hydrogens (tertiary/aromatic N) is 1. The highest BCUT2D eigenvalue weighted by Gasteiger charge is 2.40. The maximum absolute atomic E-state index is 12.4. The molecule has 0 unspecified atom stereocenters. The Morgan fingerprint density at radius 2 is 2.09 bits per heavy atom. The number of carboxylic acids is 1. The van der Waals surface area contributed by atoms with Gasteiger partial charge in [-0.2, -0.15) is 0 Å². The second-order valence-corrected chi connectivity index (χ2v) is 6.84. The topological polar surface area (TPSA) is 80.6 Å². The van der Waals surface area contributed by atoms with Crippen LogP contribution in [0.4, 0.5) is 0 Å². The maximum Gasteiger partial charge on any atom is 0.311 e. The zero-order valence-electron chi connectivity index (χ0n) is 12.8. The first-order valence-corrected chi connectivity index (χ1v) is 8.12. The number of carbonyl (C=O) groups is 2. The van der Waals surface area contributed by atoms with Gasteiger partial charge in [0.1, 0.15) is 5.69 Å². The SMILES string of the molecule is CC(C)n1cc(Br)cc1C(=O)NCC1(C(=O)O)CCOCC1. The highest BCUT2D eigenvalue weighted by Crippen LogP contribution is 2.30. The molecule has 7 heteroatoms. The molecule has 1 aromatic heterocycles. The molecule has 0 atom stereocenters. The predicted molar refractivity (Wildman–Crippen MR) is 85.0 cm³/mol. The third kappa shape index (κ3) is 3.52. The highest BCUT2D eigenvalue weighted by atomic mass is 79.9. The standard InChI is InChI=1S/C15H21BrN2O4/c1-10(2)18-8-11(16)7-12(18)13(19)17-9-15(14(20)21)3-5-22-6-4-15/h7-8,10H,3-6,9H2,1-2H3,(H,17,19)(H,20,21). The Labute approximate surface area is 138 Å². The number of aliphatic carboxylic acids is 1. The van der Waals surface area contributed by atoms with E-state index in [1.807, 2.05) is 24.6 Å². The van der Waals surface area contributed by atoms with Crippen molar-refractivity contribution in [3.8, 4) is 0 Å². The van der Waals surface area contributed by atoms with Crippen molar-refractivity contribution in [3.05, 3.63) is 22.4 Å². The van der Waals surface area contributed by atoms with E-state index in [2.05, 4.69) is 21.2 Å². The lowest BCUT2D eigenvalue weighted by atomic mass is 9.80. The first-order chi connectivity index (χ1) is 10.4. The van der Waals surface area contributed by atoms with Crippen molar-refractivity contribution in [3.63, 3.8) is 0 Å². The molecule has 0 aromatic carbocycles. The van der Waals surface area contributed by atoms with Crippen LogP contribution in [0.25, 0.3) is 0 Å². The summed E-state index contributed by atoms with van der Waals surface area (Å²) >= 11 is 3.37. The fourth-order valence-corrected chi connectivity index (χ4v) is 3.06. The van der Waals surface area contributed by atoms with Gasteiger partial charge in [0.15, 0.2) is 0 Å². The Kier molecular flexibility index (Phi) is 5.28. The van der Waals surface area contributed by atoms with Crippen LogP contribution in [0, 0.1) is 5.41 Å². The smallest absolute Gasteiger partial charge is 0.311 e. The van der Waals surface area contributed by atoms with Crippen molar-refractivity contribution >= 4 is 27.8 Å². The number of rotatable bonds is 5. The molecular weight excluding hydrogens is 352 g/mol. The second kappa shape index (κ2) is 6.83. The minimum absolute atomic E-state index is 0.116. The van der Waals surface area contributed by atoms with E-state index in [0.29, 0.717) is 31.7 Å². The highest BCUT2D eigenvalue weighted by molar-refractivity contribution is 9.10. The van der Waals surface area contributed by atoms with Gasteiger partial charge in [-0.3, -0.25) is 9.59 Å². The largest absolute Gasteiger partial charge is 0.481 e. The van der Waals surface area contributed by atoms with E-state index in [4.69, 9.17) is 4.74 Å². The van der Waals surface area contributed by atoms with Crippen molar-refractivity contribution in [2.75, 3.05) is 19.8 Å². The number of hydrogen-bond acceptors (Lipinski definition) is 3. The van der Waals surface area contributed by atoms with Crippen LogP contribution in [0.15, 0.2) is 16.7 Å². The molecule has 1 aromatic rings. The van der Waals surface area contributed by atoms with E-state index in [0.717, 1.165) is 4.47 Å². The summed E-state index contributed by atoms with van der Waals surface area (Å²) in [6, 6.07) is 1.89. The number of aromatic nitrogens is 1. The molecule has 1 aliphatic rings. The van der Waals surface area contributed by atoms with E-state index >= 15 is 0 Å². The third-order valence-corrected chi connectivity index (χ3v) is 4.53. The monoisotopic (exact) mass is 372 g/mol. The summed E-state index contributed by atoms with van der Waals surface area (Å²) < 4.78 is 7.92. The number of halogens is 1. The van der Waals surface area contributed by atoms with Crippen LogP contribution in [0.3, 0.4) is 0 Å². The Morgan fingerprint density at radius 3 is 2.64 bits per heavy atom. The summed E-state index contributed by atoms with van der Waals surface area (Å²) in [6.45, 7) is 4.92. The summed E-state index contributed by atoms with van der Waals surface area (Å²) in [5.74, 6) is -1.14. The molecule has 6 nitrogen and oxygen atoms in total. The van der Waals surface area contributed by atoms with Gasteiger partial charge in [-0.25, -0.2) is 0 Å². The maximum atomic E-state index is 12.4. The quantitative estimate of drug-likeness (QED) is 0.831. The van der Waals surface area contributed by atoms with E-state index < -0.39 is 11.4 Å². The minimum atomic E-state index is -0.930. The molecular formula is C15H21BrN2O4. The van der Waals surface area contributed by atoms with Crippen molar-refractivity contribution in [2.45, 2.75) is 32.7 Å². The number of hydrogen-bond donors (Lipinski definition) is 2. The molecule has 0 bridgehead atoms. The molecule has 2 rings (SSSR count). The summed E-state index contributed by atoms with van der Waals surface area (Å²) in [5.41, 5.74) is -0.408. The number of nitrogens with one attached hydrogen (secondary N) is 1. The number of carbonyl (C=O) groups excluding carboxylic acids is 1. The third-order valence-electron chi connectivity index (χ3n) is 4.10. The van der Waals surface area contributed by atoms with Gasteiger partial charge in [-0.1, -0.05) is 0 Å². The van der Waals surface area contributed by atoms with Gasteiger partial charge in [0, 0.05) is 36.5 Å². The summed E-state index contributed by atoms with van der Waals surface area (Å²) in [4.78, 5) is 24.0. The molecule has 1 saturated heterocycles. The predicted octanol–water partition coefficient (Wildman–Crippen LogP) is 2.44. The summed E-state index contributed by atoms with van der Waals surface area (Å²) in [7, 11) is 0. The number of amides is 1. The van der Waals surface area contributed by atoms with Crippen molar-refractivity contribution in [1.82, 2.24) is 9.88 Å². The first-order valence-electron chi connectivity index (χ1n) is 7.32. The van der Waals surface area contributed by atoms with Crippen LogP contribution in [0.1, 0.15) is 43.2 Å². The fourth-order valence-electron chi connectivity index (χ4n) is 2.62. The molecule has 122 valence electrons. The Balaban J connectivity index is 2.10. The van der Waals surface area contributed by atoms with Gasteiger partial charge in [-0.05, 0) is 48.7 Å². The van der Waals surface area contributed by atoms with Gasteiger partial charge in [0.2, 0.25) is 0 Å². The number of ether oxygens (including phenoxy) is 1. The van der Waals surface area contributed by atoms with E-state index in [9.17, 15) is 14.7 Å². The van der Waals surface area contributed by atoms with Gasteiger partial charge >= 0.3 is 5.97 Å². The van der Waals surface area contributed by atoms with E-state index in [1.54, 1.807) is 6.07 Å². The van der Waals surface area contributed by atoms with Crippen molar-refractivity contribution in [2.24, 2.45) is 5.41 Å². The normalized spacial score (nSPS) is 17.5. The molecule has 1 amide bonds. The van der Waals surface area contributed by atoms with Gasteiger partial charge in [0.05, 0.1) is 5.41 Å². The Hall–Kier alpha value is -1.34. The zero-order valence-corrected chi connectivity index (χ0v) is 14.4. The van der Waals surface area contributed by atoms with Gasteiger partial charge in [0.25, 0.3) is 5.91 Å². The van der Waals surface area contributed by atoms with Gasteiger partial charge < -0.3 is 19.7 Å². The average Bonchev–Trinajstić information content (AvgIpc) is 2.88. The lowest BCUT2D eigenvalue weighted by Gasteiger charge is -2.33. The summed E-state index contributed by atoms with van der Waals surface area (Å²) in [6.07, 6.45) is 2.68. The first kappa shape index (κ1) is 17.0. The molecule has 0 radical (unpaired) electrons. The average molecular weight is 373 g/mol. The van der Waals surface area contributed by atoms with Crippen LogP contribution >= 0.6 is 15.9 Å². The summed E-state index contributed by atoms with van der Waals surface area (Å²) in [5, 5.41) is 12.3. The van der Waals surface area contributed by atoms with Crippen LogP contribution in [-0.4, -0.2) is 41.3 Å². The van der Waals surface area contributed by atoms with Crippen LogP contribution < -0.4 is 5.32 Å². The van der Waals surface area contributed by atoms with Crippen LogP contribution in [0.2, 0.25) is 0 Å². The molecule has 0 aliphatic carbocycles. The molecule has 1 aliphatic heterocycles.